The summed E-state index contributed by atoms with van der Waals surface area (Å²) in [5.74, 6) is 1.03. The van der Waals surface area contributed by atoms with Crippen LogP contribution in [0.1, 0.15) is 44.0 Å². The van der Waals surface area contributed by atoms with Crippen LogP contribution in [-0.2, 0) is 11.2 Å². The van der Waals surface area contributed by atoms with Gasteiger partial charge in [0.05, 0.1) is 5.92 Å². The molecule has 2 fully saturated rings. The van der Waals surface area contributed by atoms with Gasteiger partial charge in [0.2, 0.25) is 11.0 Å². The van der Waals surface area contributed by atoms with Crippen LogP contribution >= 0.6 is 11.3 Å². The van der Waals surface area contributed by atoms with Gasteiger partial charge in [-0.05, 0) is 37.5 Å². The SMILES string of the molecule is CCCCc1nnc(NC(=O)C2C3CCC(C3)C2N)s1. The highest BCUT2D eigenvalue weighted by Crippen LogP contribution is 2.47. The summed E-state index contributed by atoms with van der Waals surface area (Å²) in [4.78, 5) is 12.4. The molecule has 0 radical (unpaired) electrons. The van der Waals surface area contributed by atoms with Crippen molar-refractivity contribution in [1.82, 2.24) is 10.2 Å². The Kier molecular flexibility index (Phi) is 4.03. The average Bonchev–Trinajstić information content (AvgIpc) is 3.12. The molecule has 0 saturated heterocycles. The minimum Gasteiger partial charge on any atom is -0.327 e. The smallest absolute Gasteiger partial charge is 0.231 e. The highest BCUT2D eigenvalue weighted by Gasteiger charge is 2.49. The standard InChI is InChI=1S/C14H22N4OS/c1-2-3-4-10-17-18-14(20-10)16-13(19)11-8-5-6-9(7-8)12(11)15/h8-9,11-12H,2-7,15H2,1H3,(H,16,18,19). The molecule has 1 heterocycles. The largest absolute Gasteiger partial charge is 0.327 e. The Hall–Kier alpha value is -1.01. The number of nitrogens with zero attached hydrogens (tertiary/aromatic N) is 2. The summed E-state index contributed by atoms with van der Waals surface area (Å²) in [5, 5.41) is 12.7. The zero-order valence-corrected chi connectivity index (χ0v) is 12.7. The number of carbonyl (C=O) groups is 1. The molecule has 2 saturated carbocycles. The number of carbonyl (C=O) groups excluding carboxylic acids is 1. The Morgan fingerprint density at radius 2 is 2.20 bits per heavy atom. The summed E-state index contributed by atoms with van der Waals surface area (Å²) in [6, 6.07) is 0.0289. The van der Waals surface area contributed by atoms with Crippen molar-refractivity contribution < 1.29 is 4.79 Å². The molecule has 4 unspecified atom stereocenters. The van der Waals surface area contributed by atoms with Crippen LogP contribution in [0.2, 0.25) is 0 Å². The first-order chi connectivity index (χ1) is 9.69. The molecule has 5 nitrogen and oxygen atoms in total. The van der Waals surface area contributed by atoms with E-state index in [4.69, 9.17) is 5.73 Å². The van der Waals surface area contributed by atoms with Crippen molar-refractivity contribution >= 4 is 22.4 Å². The lowest BCUT2D eigenvalue weighted by Crippen LogP contribution is -2.42. The van der Waals surface area contributed by atoms with Crippen LogP contribution in [0.4, 0.5) is 5.13 Å². The summed E-state index contributed by atoms with van der Waals surface area (Å²) in [6.45, 7) is 2.15. The van der Waals surface area contributed by atoms with Gasteiger partial charge in [0.1, 0.15) is 5.01 Å². The highest BCUT2D eigenvalue weighted by molar-refractivity contribution is 7.15. The third-order valence-corrected chi connectivity index (χ3v) is 5.62. The average molecular weight is 294 g/mol. The number of unbranched alkanes of at least 4 members (excludes halogenated alkanes) is 1. The molecule has 1 amide bonds. The van der Waals surface area contributed by atoms with E-state index in [0.717, 1.165) is 37.1 Å². The number of hydrogen-bond acceptors (Lipinski definition) is 5. The van der Waals surface area contributed by atoms with E-state index in [2.05, 4.69) is 22.4 Å². The van der Waals surface area contributed by atoms with E-state index in [9.17, 15) is 4.79 Å². The Labute approximate surface area is 123 Å². The van der Waals surface area contributed by atoms with Crippen molar-refractivity contribution in [3.8, 4) is 0 Å². The van der Waals surface area contributed by atoms with E-state index in [1.165, 1.54) is 17.8 Å². The first-order valence-electron chi connectivity index (χ1n) is 7.58. The van der Waals surface area contributed by atoms with Gasteiger partial charge in [-0.1, -0.05) is 24.7 Å². The van der Waals surface area contributed by atoms with E-state index in [0.29, 0.717) is 17.0 Å². The van der Waals surface area contributed by atoms with E-state index in [1.807, 2.05) is 0 Å². The molecule has 0 spiro atoms. The number of amides is 1. The van der Waals surface area contributed by atoms with Gasteiger partial charge < -0.3 is 11.1 Å². The summed E-state index contributed by atoms with van der Waals surface area (Å²) in [7, 11) is 0. The number of hydrogen-bond donors (Lipinski definition) is 2. The van der Waals surface area contributed by atoms with E-state index in [1.54, 1.807) is 0 Å². The maximum atomic E-state index is 12.4. The van der Waals surface area contributed by atoms with Crippen molar-refractivity contribution in [3.63, 3.8) is 0 Å². The highest BCUT2D eigenvalue weighted by atomic mass is 32.1. The second-order valence-electron chi connectivity index (χ2n) is 6.03. The maximum absolute atomic E-state index is 12.4. The van der Waals surface area contributed by atoms with Gasteiger partial charge in [-0.3, -0.25) is 4.79 Å². The number of nitrogens with one attached hydrogen (secondary N) is 1. The molecule has 2 aliphatic rings. The fourth-order valence-corrected chi connectivity index (χ4v) is 4.43. The van der Waals surface area contributed by atoms with Gasteiger partial charge in [-0.2, -0.15) is 0 Å². The predicted octanol–water partition coefficient (Wildman–Crippen LogP) is 2.19. The number of rotatable bonds is 5. The summed E-state index contributed by atoms with van der Waals surface area (Å²) >= 11 is 1.49. The molecule has 3 N–H and O–H groups in total. The molecule has 2 aliphatic carbocycles. The van der Waals surface area contributed by atoms with Crippen LogP contribution < -0.4 is 11.1 Å². The molecule has 4 atom stereocenters. The minimum absolute atomic E-state index is 0.0289. The quantitative estimate of drug-likeness (QED) is 0.872. The van der Waals surface area contributed by atoms with Crippen LogP contribution in [0.15, 0.2) is 0 Å². The van der Waals surface area contributed by atoms with Crippen molar-refractivity contribution in [3.05, 3.63) is 5.01 Å². The van der Waals surface area contributed by atoms with E-state index in [-0.39, 0.29) is 17.9 Å². The fourth-order valence-electron chi connectivity index (χ4n) is 3.65. The number of aryl methyl sites for hydroxylation is 1. The van der Waals surface area contributed by atoms with Gasteiger partial charge >= 0.3 is 0 Å². The Morgan fingerprint density at radius 1 is 1.40 bits per heavy atom. The molecule has 1 aromatic rings. The van der Waals surface area contributed by atoms with Crippen molar-refractivity contribution in [2.75, 3.05) is 5.32 Å². The first kappa shape index (κ1) is 13.9. The van der Waals surface area contributed by atoms with Crippen LogP contribution in [0.5, 0.6) is 0 Å². The fraction of sp³-hybridized carbons (Fsp3) is 0.786. The summed E-state index contributed by atoms with van der Waals surface area (Å²) < 4.78 is 0. The third kappa shape index (κ3) is 2.59. The second-order valence-corrected chi connectivity index (χ2v) is 7.09. The van der Waals surface area contributed by atoms with Crippen molar-refractivity contribution in [2.24, 2.45) is 23.5 Å². The lowest BCUT2D eigenvalue weighted by molar-refractivity contribution is -0.121. The Balaban J connectivity index is 1.60. The summed E-state index contributed by atoms with van der Waals surface area (Å²) in [6.07, 6.45) is 6.65. The molecular weight excluding hydrogens is 272 g/mol. The molecular formula is C14H22N4OS. The molecule has 1 aromatic heterocycles. The van der Waals surface area contributed by atoms with Crippen LogP contribution in [-0.4, -0.2) is 22.1 Å². The Bertz CT molecular complexity index is 487. The number of aromatic nitrogens is 2. The topological polar surface area (TPSA) is 80.9 Å². The van der Waals surface area contributed by atoms with Crippen LogP contribution in [0.25, 0.3) is 0 Å². The van der Waals surface area contributed by atoms with Crippen LogP contribution in [0.3, 0.4) is 0 Å². The lowest BCUT2D eigenvalue weighted by Gasteiger charge is -2.26. The zero-order valence-electron chi connectivity index (χ0n) is 11.8. The molecule has 0 aliphatic heterocycles. The summed E-state index contributed by atoms with van der Waals surface area (Å²) in [5.41, 5.74) is 6.20. The third-order valence-electron chi connectivity index (χ3n) is 4.72. The minimum atomic E-state index is -0.0308. The molecule has 110 valence electrons. The maximum Gasteiger partial charge on any atom is 0.231 e. The Morgan fingerprint density at radius 3 is 2.90 bits per heavy atom. The van der Waals surface area contributed by atoms with Crippen molar-refractivity contribution in [2.45, 2.75) is 51.5 Å². The molecule has 3 rings (SSSR count). The van der Waals surface area contributed by atoms with E-state index < -0.39 is 0 Å². The van der Waals surface area contributed by atoms with E-state index >= 15 is 0 Å². The molecule has 20 heavy (non-hydrogen) atoms. The second kappa shape index (κ2) is 5.77. The van der Waals surface area contributed by atoms with Gasteiger partial charge in [-0.15, -0.1) is 10.2 Å². The molecule has 2 bridgehead atoms. The zero-order chi connectivity index (χ0) is 14.1. The molecule has 6 heteroatoms. The predicted molar refractivity (Wildman–Crippen MR) is 79.4 cm³/mol. The number of anilines is 1. The monoisotopic (exact) mass is 294 g/mol. The van der Waals surface area contributed by atoms with Gasteiger partial charge in [0, 0.05) is 12.5 Å². The lowest BCUT2D eigenvalue weighted by atomic mass is 9.84. The normalized spacial score (nSPS) is 31.7. The first-order valence-corrected chi connectivity index (χ1v) is 8.39. The van der Waals surface area contributed by atoms with Crippen molar-refractivity contribution in [1.29, 1.82) is 0 Å². The number of fused-ring (bicyclic) bond motifs is 2. The molecule has 0 aromatic carbocycles. The number of nitrogens with two attached hydrogens (primary N) is 1. The van der Waals surface area contributed by atoms with Crippen LogP contribution in [0, 0.1) is 17.8 Å². The van der Waals surface area contributed by atoms with Gasteiger partial charge in [-0.25, -0.2) is 0 Å². The van der Waals surface area contributed by atoms with Gasteiger partial charge in [0.15, 0.2) is 0 Å². The van der Waals surface area contributed by atoms with Gasteiger partial charge in [0.25, 0.3) is 0 Å².